The molecule has 0 amide bonds. The Kier molecular flexibility index (Phi) is 4.96. The third-order valence-corrected chi connectivity index (χ3v) is 4.59. The van der Waals surface area contributed by atoms with E-state index >= 15 is 0 Å². The third kappa shape index (κ3) is 3.42. The summed E-state index contributed by atoms with van der Waals surface area (Å²) in [4.78, 5) is 8.99. The Labute approximate surface area is 135 Å². The number of nitrogens with zero attached hydrogens (tertiary/aromatic N) is 2. The van der Waals surface area contributed by atoms with Gasteiger partial charge in [-0.1, -0.05) is 36.0 Å². The van der Waals surface area contributed by atoms with Gasteiger partial charge in [0, 0.05) is 36.2 Å². The van der Waals surface area contributed by atoms with Crippen molar-refractivity contribution in [3.8, 4) is 5.75 Å². The van der Waals surface area contributed by atoms with Gasteiger partial charge in [-0.3, -0.25) is 9.98 Å². The molecule has 1 saturated heterocycles. The van der Waals surface area contributed by atoms with Gasteiger partial charge in [-0.15, -0.1) is 0 Å². The quantitative estimate of drug-likeness (QED) is 0.922. The number of rotatable bonds is 5. The molecule has 22 heavy (non-hydrogen) atoms. The topological polar surface area (TPSA) is 46.5 Å². The van der Waals surface area contributed by atoms with Crippen LogP contribution in [0.4, 0.5) is 0 Å². The van der Waals surface area contributed by atoms with Gasteiger partial charge in [0.2, 0.25) is 0 Å². The number of hydrogen-bond donors (Lipinski definition) is 1. The van der Waals surface area contributed by atoms with Gasteiger partial charge >= 0.3 is 0 Å². The third-order valence-electron chi connectivity index (χ3n) is 3.64. The highest BCUT2D eigenvalue weighted by molar-refractivity contribution is 8.14. The van der Waals surface area contributed by atoms with Crippen LogP contribution in [0.25, 0.3) is 0 Å². The molecule has 3 rings (SSSR count). The van der Waals surface area contributed by atoms with Gasteiger partial charge in [0.25, 0.3) is 0 Å². The van der Waals surface area contributed by atoms with Crippen molar-refractivity contribution in [2.75, 3.05) is 26.0 Å². The molecule has 0 aliphatic carbocycles. The first-order valence-corrected chi connectivity index (χ1v) is 8.31. The van der Waals surface area contributed by atoms with E-state index in [-0.39, 0.29) is 5.92 Å². The summed E-state index contributed by atoms with van der Waals surface area (Å²) in [6.45, 7) is 1.68. The molecule has 1 aromatic carbocycles. The number of amidine groups is 1. The molecule has 0 spiro atoms. The summed E-state index contributed by atoms with van der Waals surface area (Å²) in [6, 6.07) is 12.2. The van der Waals surface area contributed by atoms with E-state index in [2.05, 4.69) is 22.4 Å². The molecule has 1 aliphatic rings. The van der Waals surface area contributed by atoms with Crippen LogP contribution in [0.15, 0.2) is 53.8 Å². The Bertz CT molecular complexity index is 637. The lowest BCUT2D eigenvalue weighted by Gasteiger charge is -2.18. The van der Waals surface area contributed by atoms with E-state index in [1.54, 1.807) is 25.1 Å². The Morgan fingerprint density at radius 1 is 1.32 bits per heavy atom. The second kappa shape index (κ2) is 7.31. The van der Waals surface area contributed by atoms with Gasteiger partial charge < -0.3 is 10.1 Å². The zero-order chi connectivity index (χ0) is 15.2. The number of nitrogens with one attached hydrogen (secondary N) is 1. The lowest BCUT2D eigenvalue weighted by atomic mass is 9.92. The fourth-order valence-electron chi connectivity index (χ4n) is 2.55. The normalized spacial score (nSPS) is 17.2. The highest BCUT2D eigenvalue weighted by Gasteiger charge is 2.19. The minimum Gasteiger partial charge on any atom is -0.496 e. The standard InChI is InChI=1S/C17H19N3OS/c1-21-16-7-3-2-6-14(16)15(13-5-4-8-18-11-13)12-20-17-19-9-10-22-17/h2-8,11,15H,9-10,12H2,1H3,(H,19,20). The number of hydrogen-bond acceptors (Lipinski definition) is 4. The first-order valence-electron chi connectivity index (χ1n) is 7.32. The van der Waals surface area contributed by atoms with Crippen LogP contribution < -0.4 is 10.1 Å². The Hall–Kier alpha value is -2.01. The second-order valence-electron chi connectivity index (χ2n) is 5.00. The first kappa shape index (κ1) is 14.9. The molecule has 1 unspecified atom stereocenters. The van der Waals surface area contributed by atoms with Crippen LogP contribution >= 0.6 is 11.8 Å². The molecule has 2 heterocycles. The lowest BCUT2D eigenvalue weighted by Crippen LogP contribution is -2.15. The maximum absolute atomic E-state index is 5.53. The van der Waals surface area contributed by atoms with Crippen molar-refractivity contribution in [3.63, 3.8) is 0 Å². The second-order valence-corrected chi connectivity index (χ2v) is 6.09. The lowest BCUT2D eigenvalue weighted by molar-refractivity contribution is 0.407. The predicted molar refractivity (Wildman–Crippen MR) is 91.8 cm³/mol. The molecular formula is C17H19N3OS. The molecule has 4 nitrogen and oxygen atoms in total. The number of ether oxygens (including phenoxy) is 1. The smallest absolute Gasteiger partial charge is 0.156 e. The summed E-state index contributed by atoms with van der Waals surface area (Å²) in [5.74, 6) is 2.12. The monoisotopic (exact) mass is 313 g/mol. The molecule has 2 aromatic rings. The van der Waals surface area contributed by atoms with Gasteiger partial charge in [-0.25, -0.2) is 0 Å². The maximum atomic E-state index is 5.53. The highest BCUT2D eigenvalue weighted by atomic mass is 32.2. The summed E-state index contributed by atoms with van der Waals surface area (Å²) in [7, 11) is 1.71. The van der Waals surface area contributed by atoms with E-state index in [1.165, 1.54) is 0 Å². The largest absolute Gasteiger partial charge is 0.496 e. The van der Waals surface area contributed by atoms with E-state index in [4.69, 9.17) is 9.73 Å². The van der Waals surface area contributed by atoms with Crippen molar-refractivity contribution in [2.45, 2.75) is 5.92 Å². The van der Waals surface area contributed by atoms with E-state index in [0.717, 1.165) is 34.3 Å². The molecule has 1 aliphatic heterocycles. The van der Waals surface area contributed by atoms with Crippen molar-refractivity contribution >= 4 is 16.9 Å². The van der Waals surface area contributed by atoms with Crippen LogP contribution in [0.5, 0.6) is 5.75 Å². The number of benzene rings is 1. The summed E-state index contributed by atoms with van der Waals surface area (Å²) in [6.07, 6.45) is 3.70. The van der Waals surface area contributed by atoms with E-state index in [9.17, 15) is 0 Å². The molecule has 1 atom stereocenters. The predicted octanol–water partition coefficient (Wildman–Crippen LogP) is 2.91. The van der Waals surface area contributed by atoms with Crippen molar-refractivity contribution < 1.29 is 4.74 Å². The van der Waals surface area contributed by atoms with Crippen molar-refractivity contribution in [1.82, 2.24) is 10.3 Å². The van der Waals surface area contributed by atoms with Gasteiger partial charge in [0.15, 0.2) is 5.17 Å². The molecule has 114 valence electrons. The number of pyridine rings is 1. The van der Waals surface area contributed by atoms with Gasteiger partial charge in [-0.2, -0.15) is 0 Å². The SMILES string of the molecule is COc1ccccc1C(CN=C1NCCS1)c1cccnc1. The Morgan fingerprint density at radius 2 is 2.23 bits per heavy atom. The maximum Gasteiger partial charge on any atom is 0.156 e. The van der Waals surface area contributed by atoms with Gasteiger partial charge in [0.05, 0.1) is 13.7 Å². The summed E-state index contributed by atoms with van der Waals surface area (Å²) < 4.78 is 5.53. The zero-order valence-electron chi connectivity index (χ0n) is 12.5. The van der Waals surface area contributed by atoms with Crippen LogP contribution in [0.3, 0.4) is 0 Å². The van der Waals surface area contributed by atoms with Crippen molar-refractivity contribution in [1.29, 1.82) is 0 Å². The number of aromatic nitrogens is 1. The molecule has 0 saturated carbocycles. The summed E-state index contributed by atoms with van der Waals surface area (Å²) in [5, 5.41) is 4.34. The van der Waals surface area contributed by atoms with Crippen molar-refractivity contribution in [2.24, 2.45) is 4.99 Å². The van der Waals surface area contributed by atoms with E-state index in [0.29, 0.717) is 6.54 Å². The number of para-hydroxylation sites is 1. The van der Waals surface area contributed by atoms with Gasteiger partial charge in [0.1, 0.15) is 5.75 Å². The highest BCUT2D eigenvalue weighted by Crippen LogP contribution is 2.32. The van der Waals surface area contributed by atoms with Crippen LogP contribution in [0.1, 0.15) is 17.0 Å². The van der Waals surface area contributed by atoms with E-state index < -0.39 is 0 Å². The minimum absolute atomic E-state index is 0.139. The molecular weight excluding hydrogens is 294 g/mol. The molecule has 1 N–H and O–H groups in total. The van der Waals surface area contributed by atoms with Crippen LogP contribution in [0, 0.1) is 0 Å². The fourth-order valence-corrected chi connectivity index (χ4v) is 3.32. The molecule has 0 radical (unpaired) electrons. The fraction of sp³-hybridized carbons (Fsp3) is 0.294. The number of methoxy groups -OCH3 is 1. The van der Waals surface area contributed by atoms with Crippen LogP contribution in [-0.2, 0) is 0 Å². The van der Waals surface area contributed by atoms with Crippen LogP contribution in [0.2, 0.25) is 0 Å². The van der Waals surface area contributed by atoms with Crippen LogP contribution in [-0.4, -0.2) is 36.1 Å². The number of aliphatic imine (C=N–C) groups is 1. The van der Waals surface area contributed by atoms with Gasteiger partial charge in [-0.05, 0) is 17.7 Å². The Balaban J connectivity index is 1.93. The average molecular weight is 313 g/mol. The summed E-state index contributed by atoms with van der Waals surface area (Å²) >= 11 is 1.78. The molecule has 1 fully saturated rings. The van der Waals surface area contributed by atoms with Crippen molar-refractivity contribution in [3.05, 3.63) is 59.9 Å². The van der Waals surface area contributed by atoms with E-state index in [1.807, 2.05) is 30.5 Å². The number of thioether (sulfide) groups is 1. The Morgan fingerprint density at radius 3 is 2.95 bits per heavy atom. The molecule has 1 aromatic heterocycles. The minimum atomic E-state index is 0.139. The molecule has 5 heteroatoms. The molecule has 0 bridgehead atoms. The summed E-state index contributed by atoms with van der Waals surface area (Å²) in [5.41, 5.74) is 2.30. The average Bonchev–Trinajstić information content (AvgIpc) is 3.10. The first-order chi connectivity index (χ1) is 10.9. The zero-order valence-corrected chi connectivity index (χ0v) is 13.3.